The summed E-state index contributed by atoms with van der Waals surface area (Å²) in [6.07, 6.45) is 1.07. The van der Waals surface area contributed by atoms with Crippen LogP contribution in [0.2, 0.25) is 0 Å². The van der Waals surface area contributed by atoms with Crippen molar-refractivity contribution < 1.29 is 0 Å². The Morgan fingerprint density at radius 3 is 3.00 bits per heavy atom. The third-order valence-corrected chi connectivity index (χ3v) is 3.92. The van der Waals surface area contributed by atoms with E-state index in [4.69, 9.17) is 5.26 Å². The first kappa shape index (κ1) is 11.3. The largest absolute Gasteiger partial charge is 0.312 e. The molecular weight excluding hydrogens is 236 g/mol. The van der Waals surface area contributed by atoms with Gasteiger partial charge in [-0.25, -0.2) is 0 Å². The van der Waals surface area contributed by atoms with Gasteiger partial charge in [0.05, 0.1) is 5.56 Å². The molecule has 82 valence electrons. The molecule has 2 heterocycles. The maximum absolute atomic E-state index is 8.68. The third-order valence-electron chi connectivity index (χ3n) is 2.25. The van der Waals surface area contributed by atoms with Crippen molar-refractivity contribution in [1.29, 1.82) is 5.26 Å². The average molecular weight is 248 g/mol. The van der Waals surface area contributed by atoms with Crippen LogP contribution in [-0.2, 0) is 13.0 Å². The minimum Gasteiger partial charge on any atom is -0.312 e. The molecule has 1 N–H and O–H groups in total. The molecule has 0 fully saturated rings. The first-order valence-electron chi connectivity index (χ1n) is 5.08. The van der Waals surface area contributed by atoms with Gasteiger partial charge in [0.15, 0.2) is 0 Å². The topological polar surface area (TPSA) is 35.8 Å². The van der Waals surface area contributed by atoms with Crippen molar-refractivity contribution in [3.8, 4) is 6.07 Å². The molecule has 0 saturated heterocycles. The van der Waals surface area contributed by atoms with E-state index < -0.39 is 0 Å². The molecule has 0 aromatic carbocycles. The van der Waals surface area contributed by atoms with Gasteiger partial charge in [-0.3, -0.25) is 0 Å². The monoisotopic (exact) mass is 248 g/mol. The number of hydrogen-bond acceptors (Lipinski definition) is 4. The molecule has 0 bridgehead atoms. The SMILES string of the molecule is N#Cc1csc(CNCCc2ccsc2)c1. The zero-order chi connectivity index (χ0) is 11.2. The molecule has 2 nitrogen and oxygen atoms in total. The normalized spacial score (nSPS) is 10.2. The second-order valence-corrected chi connectivity index (χ2v) is 5.25. The van der Waals surface area contributed by atoms with Gasteiger partial charge in [0.1, 0.15) is 6.07 Å². The number of nitrogens with zero attached hydrogens (tertiary/aromatic N) is 1. The van der Waals surface area contributed by atoms with Crippen LogP contribution < -0.4 is 5.32 Å². The van der Waals surface area contributed by atoms with Gasteiger partial charge < -0.3 is 5.32 Å². The number of nitriles is 1. The average Bonchev–Trinajstić information content (AvgIpc) is 2.95. The summed E-state index contributed by atoms with van der Waals surface area (Å²) in [5.74, 6) is 0. The van der Waals surface area contributed by atoms with Gasteiger partial charge >= 0.3 is 0 Å². The first-order chi connectivity index (χ1) is 7.88. The van der Waals surface area contributed by atoms with Gasteiger partial charge in [-0.05, 0) is 41.4 Å². The Morgan fingerprint density at radius 1 is 1.38 bits per heavy atom. The summed E-state index contributed by atoms with van der Waals surface area (Å²) < 4.78 is 0. The Balaban J connectivity index is 1.70. The minimum absolute atomic E-state index is 0.764. The van der Waals surface area contributed by atoms with Crippen LogP contribution in [-0.4, -0.2) is 6.54 Å². The Kier molecular flexibility index (Phi) is 4.11. The highest BCUT2D eigenvalue weighted by molar-refractivity contribution is 7.10. The zero-order valence-corrected chi connectivity index (χ0v) is 10.4. The molecule has 0 aliphatic carbocycles. The molecule has 2 aromatic rings. The molecule has 0 radical (unpaired) electrons. The molecule has 2 aromatic heterocycles. The highest BCUT2D eigenvalue weighted by Gasteiger charge is 1.98. The van der Waals surface area contributed by atoms with Crippen LogP contribution >= 0.6 is 22.7 Å². The Morgan fingerprint density at radius 2 is 2.31 bits per heavy atom. The number of nitrogens with one attached hydrogen (secondary N) is 1. The van der Waals surface area contributed by atoms with Crippen LogP contribution in [0.1, 0.15) is 16.0 Å². The number of thiophene rings is 2. The number of rotatable bonds is 5. The van der Waals surface area contributed by atoms with Gasteiger partial charge in [0.2, 0.25) is 0 Å². The molecule has 4 heteroatoms. The molecule has 0 atom stereocenters. The minimum atomic E-state index is 0.764. The highest BCUT2D eigenvalue weighted by atomic mass is 32.1. The van der Waals surface area contributed by atoms with Crippen molar-refractivity contribution in [3.63, 3.8) is 0 Å². The van der Waals surface area contributed by atoms with E-state index in [1.165, 1.54) is 10.4 Å². The van der Waals surface area contributed by atoms with Crippen molar-refractivity contribution in [2.45, 2.75) is 13.0 Å². The van der Waals surface area contributed by atoms with Gasteiger partial charge in [-0.2, -0.15) is 16.6 Å². The molecule has 0 aliphatic rings. The summed E-state index contributed by atoms with van der Waals surface area (Å²) in [7, 11) is 0. The maximum atomic E-state index is 8.68. The quantitative estimate of drug-likeness (QED) is 0.826. The molecule has 2 rings (SSSR count). The van der Waals surface area contributed by atoms with E-state index in [-0.39, 0.29) is 0 Å². The van der Waals surface area contributed by atoms with Crippen molar-refractivity contribution in [3.05, 3.63) is 44.3 Å². The van der Waals surface area contributed by atoms with E-state index in [1.807, 2.05) is 11.4 Å². The van der Waals surface area contributed by atoms with Crippen molar-refractivity contribution in [2.75, 3.05) is 6.54 Å². The second-order valence-electron chi connectivity index (χ2n) is 3.47. The molecule has 0 aliphatic heterocycles. The van der Waals surface area contributed by atoms with E-state index in [0.29, 0.717) is 0 Å². The summed E-state index contributed by atoms with van der Waals surface area (Å²) in [5.41, 5.74) is 2.15. The molecule has 16 heavy (non-hydrogen) atoms. The van der Waals surface area contributed by atoms with Crippen molar-refractivity contribution in [2.24, 2.45) is 0 Å². The summed E-state index contributed by atoms with van der Waals surface area (Å²) in [6.45, 7) is 1.84. The molecule has 0 amide bonds. The standard InChI is InChI=1S/C12H12N2S2/c13-6-11-5-12(16-9-11)7-14-3-1-10-2-4-15-8-10/h2,4-5,8-9,14H,1,3,7H2. The lowest BCUT2D eigenvalue weighted by atomic mass is 10.2. The van der Waals surface area contributed by atoms with E-state index in [2.05, 4.69) is 28.2 Å². The van der Waals surface area contributed by atoms with Crippen LogP contribution in [0, 0.1) is 11.3 Å². The first-order valence-corrected chi connectivity index (χ1v) is 6.90. The fourth-order valence-electron chi connectivity index (χ4n) is 1.41. The van der Waals surface area contributed by atoms with Crippen LogP contribution in [0.4, 0.5) is 0 Å². The van der Waals surface area contributed by atoms with Gasteiger partial charge in [-0.15, -0.1) is 11.3 Å². The maximum Gasteiger partial charge on any atom is 0.100 e. The lowest BCUT2D eigenvalue weighted by Gasteiger charge is -2.01. The molecular formula is C12H12N2S2. The van der Waals surface area contributed by atoms with E-state index in [9.17, 15) is 0 Å². The van der Waals surface area contributed by atoms with E-state index in [1.54, 1.807) is 22.7 Å². The third kappa shape index (κ3) is 3.17. The summed E-state index contributed by atoms with van der Waals surface area (Å²) in [6, 6.07) is 6.25. The van der Waals surface area contributed by atoms with Crippen molar-refractivity contribution in [1.82, 2.24) is 5.32 Å². The van der Waals surface area contributed by atoms with Crippen molar-refractivity contribution >= 4 is 22.7 Å². The summed E-state index contributed by atoms with van der Waals surface area (Å²) >= 11 is 3.38. The summed E-state index contributed by atoms with van der Waals surface area (Å²) in [5, 5.41) is 18.3. The van der Waals surface area contributed by atoms with Crippen LogP contribution in [0.25, 0.3) is 0 Å². The fourth-order valence-corrected chi connectivity index (χ4v) is 2.89. The van der Waals surface area contributed by atoms with E-state index in [0.717, 1.165) is 25.1 Å². The van der Waals surface area contributed by atoms with E-state index >= 15 is 0 Å². The molecule has 0 unspecified atom stereocenters. The highest BCUT2D eigenvalue weighted by Crippen LogP contribution is 2.13. The lowest BCUT2D eigenvalue weighted by molar-refractivity contribution is 0.694. The van der Waals surface area contributed by atoms with Gasteiger partial charge in [0, 0.05) is 16.8 Å². The van der Waals surface area contributed by atoms with Crippen LogP contribution in [0.15, 0.2) is 28.3 Å². The Bertz CT molecular complexity index is 465. The Hall–Kier alpha value is -1.15. The Labute approximate surface area is 103 Å². The molecule has 0 saturated carbocycles. The van der Waals surface area contributed by atoms with Crippen LogP contribution in [0.5, 0.6) is 0 Å². The predicted molar refractivity (Wildman–Crippen MR) is 68.8 cm³/mol. The summed E-state index contributed by atoms with van der Waals surface area (Å²) in [4.78, 5) is 1.22. The second kappa shape index (κ2) is 5.80. The van der Waals surface area contributed by atoms with Gasteiger partial charge in [0.25, 0.3) is 0 Å². The number of hydrogen-bond donors (Lipinski definition) is 1. The zero-order valence-electron chi connectivity index (χ0n) is 8.77. The predicted octanol–water partition coefficient (Wildman–Crippen LogP) is 3.01. The lowest BCUT2D eigenvalue weighted by Crippen LogP contribution is -2.15. The smallest absolute Gasteiger partial charge is 0.100 e. The fraction of sp³-hybridized carbons (Fsp3) is 0.250. The molecule has 0 spiro atoms. The van der Waals surface area contributed by atoms with Crippen LogP contribution in [0.3, 0.4) is 0 Å². The van der Waals surface area contributed by atoms with Gasteiger partial charge in [-0.1, -0.05) is 0 Å².